The number of rotatable bonds is 9. The van der Waals surface area contributed by atoms with E-state index in [9.17, 15) is 9.59 Å². The van der Waals surface area contributed by atoms with Crippen LogP contribution in [0.15, 0.2) is 48.5 Å². The molecule has 0 spiro atoms. The van der Waals surface area contributed by atoms with E-state index in [1.165, 1.54) is 0 Å². The van der Waals surface area contributed by atoms with Crippen molar-refractivity contribution in [3.8, 4) is 11.5 Å². The number of carbonyl (C=O) groups is 2. The molecule has 26 heavy (non-hydrogen) atoms. The Balaban J connectivity index is 1.74. The predicted octanol–water partition coefficient (Wildman–Crippen LogP) is 2.53. The highest BCUT2D eigenvalue weighted by Crippen LogP contribution is 2.17. The van der Waals surface area contributed by atoms with Crippen molar-refractivity contribution in [3.05, 3.63) is 59.7 Å². The van der Waals surface area contributed by atoms with E-state index >= 15 is 0 Å². The summed E-state index contributed by atoms with van der Waals surface area (Å²) in [4.78, 5) is 23.4. The summed E-state index contributed by atoms with van der Waals surface area (Å²) in [6.45, 7) is 3.03. The van der Waals surface area contributed by atoms with Gasteiger partial charge in [-0.1, -0.05) is 19.1 Å². The standard InChI is InChI=1S/C20H24N2O4/c1-3-12-25-17-8-10-18(11-9-17)26-14-19(23)22-13-15-4-6-16(7-5-15)20(24)21-2/h4-11H,3,12-14H2,1-2H3,(H,21,24)(H,22,23). The molecule has 0 unspecified atom stereocenters. The Kier molecular flexibility index (Phi) is 7.49. The Labute approximate surface area is 153 Å². The highest BCUT2D eigenvalue weighted by atomic mass is 16.5. The number of carbonyl (C=O) groups excluding carboxylic acids is 2. The van der Waals surface area contributed by atoms with Gasteiger partial charge in [0.2, 0.25) is 0 Å². The minimum atomic E-state index is -0.216. The Morgan fingerprint density at radius 2 is 1.54 bits per heavy atom. The molecule has 0 aromatic heterocycles. The van der Waals surface area contributed by atoms with Crippen molar-refractivity contribution < 1.29 is 19.1 Å². The van der Waals surface area contributed by atoms with Crippen molar-refractivity contribution in [3.63, 3.8) is 0 Å². The normalized spacial score (nSPS) is 10.1. The molecule has 0 aliphatic heterocycles. The summed E-state index contributed by atoms with van der Waals surface area (Å²) < 4.78 is 11.0. The van der Waals surface area contributed by atoms with Gasteiger partial charge in [-0.2, -0.15) is 0 Å². The van der Waals surface area contributed by atoms with Gasteiger partial charge in [-0.25, -0.2) is 0 Å². The Morgan fingerprint density at radius 3 is 2.12 bits per heavy atom. The second kappa shape index (κ2) is 10.1. The topological polar surface area (TPSA) is 76.7 Å². The summed E-state index contributed by atoms with van der Waals surface area (Å²) in [5.74, 6) is 1.04. The molecule has 6 nitrogen and oxygen atoms in total. The van der Waals surface area contributed by atoms with Crippen LogP contribution >= 0.6 is 0 Å². The third-order valence-corrected chi connectivity index (χ3v) is 3.60. The molecule has 0 radical (unpaired) electrons. The van der Waals surface area contributed by atoms with Gasteiger partial charge in [0, 0.05) is 19.2 Å². The summed E-state index contributed by atoms with van der Waals surface area (Å²) in [5.41, 5.74) is 1.49. The van der Waals surface area contributed by atoms with Gasteiger partial charge in [-0.3, -0.25) is 9.59 Å². The van der Waals surface area contributed by atoms with Crippen LogP contribution in [0, 0.1) is 0 Å². The van der Waals surface area contributed by atoms with Crippen LogP contribution in [0.2, 0.25) is 0 Å². The van der Waals surface area contributed by atoms with Crippen molar-refractivity contribution in [1.29, 1.82) is 0 Å². The number of ether oxygens (including phenoxy) is 2. The van der Waals surface area contributed by atoms with E-state index in [4.69, 9.17) is 9.47 Å². The van der Waals surface area contributed by atoms with Crippen molar-refractivity contribution in [2.24, 2.45) is 0 Å². The molecule has 2 aromatic rings. The van der Waals surface area contributed by atoms with Gasteiger partial charge < -0.3 is 20.1 Å². The average Bonchev–Trinajstić information content (AvgIpc) is 2.69. The number of benzene rings is 2. The van der Waals surface area contributed by atoms with Crippen LogP contribution in [-0.4, -0.2) is 32.1 Å². The van der Waals surface area contributed by atoms with Crippen molar-refractivity contribution in [2.75, 3.05) is 20.3 Å². The van der Waals surface area contributed by atoms with Crippen molar-refractivity contribution in [2.45, 2.75) is 19.9 Å². The molecule has 2 amide bonds. The molecular weight excluding hydrogens is 332 g/mol. The highest BCUT2D eigenvalue weighted by Gasteiger charge is 2.05. The molecule has 0 aliphatic rings. The van der Waals surface area contributed by atoms with Crippen LogP contribution < -0.4 is 20.1 Å². The molecule has 0 atom stereocenters. The van der Waals surface area contributed by atoms with Crippen LogP contribution in [0.25, 0.3) is 0 Å². The Hall–Kier alpha value is -3.02. The van der Waals surface area contributed by atoms with Gasteiger partial charge in [0.1, 0.15) is 11.5 Å². The van der Waals surface area contributed by atoms with Crippen molar-refractivity contribution in [1.82, 2.24) is 10.6 Å². The third kappa shape index (κ3) is 6.12. The molecule has 0 saturated carbocycles. The fourth-order valence-corrected chi connectivity index (χ4v) is 2.17. The monoisotopic (exact) mass is 356 g/mol. The van der Waals surface area contributed by atoms with E-state index in [0.717, 1.165) is 17.7 Å². The SMILES string of the molecule is CCCOc1ccc(OCC(=O)NCc2ccc(C(=O)NC)cc2)cc1. The minimum Gasteiger partial charge on any atom is -0.494 e. The zero-order valence-corrected chi connectivity index (χ0v) is 15.1. The average molecular weight is 356 g/mol. The fourth-order valence-electron chi connectivity index (χ4n) is 2.17. The summed E-state index contributed by atoms with van der Waals surface area (Å²) in [6, 6.07) is 14.2. The molecule has 0 saturated heterocycles. The van der Waals surface area contributed by atoms with E-state index in [1.54, 1.807) is 43.4 Å². The molecule has 2 rings (SSSR count). The molecule has 2 N–H and O–H groups in total. The molecule has 0 fully saturated rings. The first-order chi connectivity index (χ1) is 12.6. The van der Waals surface area contributed by atoms with Crippen LogP contribution in [0.3, 0.4) is 0 Å². The zero-order chi connectivity index (χ0) is 18.8. The lowest BCUT2D eigenvalue weighted by molar-refractivity contribution is -0.123. The molecule has 0 aliphatic carbocycles. The predicted molar refractivity (Wildman–Crippen MR) is 99.4 cm³/mol. The maximum Gasteiger partial charge on any atom is 0.258 e. The first-order valence-electron chi connectivity index (χ1n) is 8.55. The van der Waals surface area contributed by atoms with Gasteiger partial charge in [-0.05, 0) is 48.4 Å². The van der Waals surface area contributed by atoms with Gasteiger partial charge in [-0.15, -0.1) is 0 Å². The number of nitrogens with one attached hydrogen (secondary N) is 2. The first kappa shape index (κ1) is 19.3. The van der Waals surface area contributed by atoms with Gasteiger partial charge in [0.15, 0.2) is 6.61 Å². The first-order valence-corrected chi connectivity index (χ1v) is 8.55. The van der Waals surface area contributed by atoms with E-state index < -0.39 is 0 Å². The molecule has 6 heteroatoms. The van der Waals surface area contributed by atoms with Gasteiger partial charge in [0.05, 0.1) is 6.61 Å². The van der Waals surface area contributed by atoms with Crippen LogP contribution in [-0.2, 0) is 11.3 Å². The Bertz CT molecular complexity index is 712. The quantitative estimate of drug-likeness (QED) is 0.724. The zero-order valence-electron chi connectivity index (χ0n) is 15.1. The lowest BCUT2D eigenvalue weighted by Crippen LogP contribution is -2.28. The number of hydrogen-bond acceptors (Lipinski definition) is 4. The maximum atomic E-state index is 11.9. The molecule has 138 valence electrons. The van der Waals surface area contributed by atoms with Gasteiger partial charge >= 0.3 is 0 Å². The smallest absolute Gasteiger partial charge is 0.258 e. The summed E-state index contributed by atoms with van der Waals surface area (Å²) in [7, 11) is 1.59. The molecule has 0 heterocycles. The summed E-state index contributed by atoms with van der Waals surface area (Å²) in [5, 5.41) is 5.35. The maximum absolute atomic E-state index is 11.9. The minimum absolute atomic E-state index is 0.0640. The van der Waals surface area contributed by atoms with Crippen LogP contribution in [0.1, 0.15) is 29.3 Å². The van der Waals surface area contributed by atoms with Crippen molar-refractivity contribution >= 4 is 11.8 Å². The fraction of sp³-hybridized carbons (Fsp3) is 0.300. The van der Waals surface area contributed by atoms with Crippen LogP contribution in [0.5, 0.6) is 11.5 Å². The molecule has 0 bridgehead atoms. The van der Waals surface area contributed by atoms with E-state index in [2.05, 4.69) is 10.6 Å². The second-order valence-electron chi connectivity index (χ2n) is 5.66. The second-order valence-corrected chi connectivity index (χ2v) is 5.66. The highest BCUT2D eigenvalue weighted by molar-refractivity contribution is 5.93. The summed E-state index contributed by atoms with van der Waals surface area (Å²) >= 11 is 0. The molecular formula is C20H24N2O4. The van der Waals surface area contributed by atoms with E-state index in [-0.39, 0.29) is 18.4 Å². The van der Waals surface area contributed by atoms with Gasteiger partial charge in [0.25, 0.3) is 11.8 Å². The molecule has 2 aromatic carbocycles. The lowest BCUT2D eigenvalue weighted by atomic mass is 10.1. The van der Waals surface area contributed by atoms with E-state index in [0.29, 0.717) is 24.5 Å². The Morgan fingerprint density at radius 1 is 0.923 bits per heavy atom. The largest absolute Gasteiger partial charge is 0.494 e. The lowest BCUT2D eigenvalue weighted by Gasteiger charge is -2.09. The van der Waals surface area contributed by atoms with Crippen LogP contribution in [0.4, 0.5) is 0 Å². The third-order valence-electron chi connectivity index (χ3n) is 3.60. The number of amides is 2. The van der Waals surface area contributed by atoms with E-state index in [1.807, 2.05) is 19.1 Å². The summed E-state index contributed by atoms with van der Waals surface area (Å²) in [6.07, 6.45) is 0.951. The number of hydrogen-bond donors (Lipinski definition) is 2.